The lowest BCUT2D eigenvalue weighted by Crippen LogP contribution is -2.29. The molecule has 1 aromatic carbocycles. The first-order valence-electron chi connectivity index (χ1n) is 6.85. The number of aliphatic hydroxyl groups excluding tert-OH is 1. The minimum Gasteiger partial charge on any atom is -0.488 e. The molecular weight excluding hydrogens is 254 g/mol. The summed E-state index contributed by atoms with van der Waals surface area (Å²) in [7, 11) is 0. The smallest absolute Gasteiger partial charge is 0.229 e. The molecule has 2 N–H and O–H groups in total. The summed E-state index contributed by atoms with van der Waals surface area (Å²) in [5.74, 6) is 0.698. The molecule has 0 saturated heterocycles. The van der Waals surface area contributed by atoms with Gasteiger partial charge in [-0.15, -0.1) is 0 Å². The van der Waals surface area contributed by atoms with Crippen LogP contribution < -0.4 is 10.1 Å². The van der Waals surface area contributed by atoms with Gasteiger partial charge in [-0.25, -0.2) is 0 Å². The summed E-state index contributed by atoms with van der Waals surface area (Å²) in [6.45, 7) is 9.56. The number of ether oxygens (including phenoxy) is 1. The van der Waals surface area contributed by atoms with E-state index in [0.717, 1.165) is 11.4 Å². The highest BCUT2D eigenvalue weighted by molar-refractivity contribution is 5.94. The largest absolute Gasteiger partial charge is 0.488 e. The van der Waals surface area contributed by atoms with Crippen molar-refractivity contribution in [3.05, 3.63) is 24.3 Å². The van der Waals surface area contributed by atoms with Gasteiger partial charge in [-0.1, -0.05) is 20.8 Å². The average Bonchev–Trinajstić information content (AvgIpc) is 2.29. The molecule has 0 atom stereocenters. The highest BCUT2D eigenvalue weighted by Crippen LogP contribution is 2.23. The monoisotopic (exact) mass is 279 g/mol. The Morgan fingerprint density at radius 2 is 1.70 bits per heavy atom. The Hall–Kier alpha value is -1.55. The average molecular weight is 279 g/mol. The fourth-order valence-corrected chi connectivity index (χ4v) is 1.56. The number of carbonyl (C=O) groups is 1. The zero-order valence-electron chi connectivity index (χ0n) is 13.0. The maximum Gasteiger partial charge on any atom is 0.229 e. The molecule has 1 rings (SSSR count). The lowest BCUT2D eigenvalue weighted by molar-refractivity contribution is -0.123. The third kappa shape index (κ3) is 5.21. The molecule has 4 heteroatoms. The Morgan fingerprint density at radius 1 is 1.15 bits per heavy atom. The highest BCUT2D eigenvalue weighted by Gasteiger charge is 2.21. The Kier molecular flexibility index (Phi) is 5.17. The van der Waals surface area contributed by atoms with Crippen LogP contribution >= 0.6 is 0 Å². The number of carbonyl (C=O) groups excluding carboxylic acids is 1. The summed E-state index contributed by atoms with van der Waals surface area (Å²) in [5.41, 5.74) is -0.0827. The van der Waals surface area contributed by atoms with Gasteiger partial charge in [0.1, 0.15) is 11.4 Å². The minimum atomic E-state index is -0.418. The van der Waals surface area contributed by atoms with Crippen molar-refractivity contribution >= 4 is 11.6 Å². The molecule has 0 bridgehead atoms. The number of hydrogen-bond acceptors (Lipinski definition) is 3. The molecule has 0 aromatic heterocycles. The molecule has 4 nitrogen and oxygen atoms in total. The van der Waals surface area contributed by atoms with Crippen LogP contribution in [0.3, 0.4) is 0 Å². The fraction of sp³-hybridized carbons (Fsp3) is 0.562. The van der Waals surface area contributed by atoms with E-state index in [0.29, 0.717) is 6.42 Å². The summed E-state index contributed by atoms with van der Waals surface area (Å²) in [5, 5.41) is 11.8. The van der Waals surface area contributed by atoms with Crippen molar-refractivity contribution in [2.75, 3.05) is 11.9 Å². The number of benzene rings is 1. The normalized spacial score (nSPS) is 12.1. The van der Waals surface area contributed by atoms with Gasteiger partial charge in [-0.3, -0.25) is 4.79 Å². The van der Waals surface area contributed by atoms with E-state index >= 15 is 0 Å². The van der Waals surface area contributed by atoms with Gasteiger partial charge in [-0.2, -0.15) is 0 Å². The zero-order chi connectivity index (χ0) is 15.4. The first kappa shape index (κ1) is 16.5. The van der Waals surface area contributed by atoms with Crippen LogP contribution in [0.25, 0.3) is 0 Å². The van der Waals surface area contributed by atoms with Crippen LogP contribution in [-0.4, -0.2) is 23.2 Å². The van der Waals surface area contributed by atoms with Gasteiger partial charge in [0.05, 0.1) is 0 Å². The molecule has 20 heavy (non-hydrogen) atoms. The molecule has 0 radical (unpaired) electrons. The van der Waals surface area contributed by atoms with Crippen molar-refractivity contribution < 1.29 is 14.6 Å². The van der Waals surface area contributed by atoms with Gasteiger partial charge in [0, 0.05) is 24.1 Å². The van der Waals surface area contributed by atoms with Crippen LogP contribution in [0, 0.1) is 5.41 Å². The molecule has 0 aliphatic carbocycles. The van der Waals surface area contributed by atoms with Gasteiger partial charge < -0.3 is 15.2 Å². The molecule has 112 valence electrons. The lowest BCUT2D eigenvalue weighted by Gasteiger charge is -2.25. The van der Waals surface area contributed by atoms with Crippen LogP contribution in [0.2, 0.25) is 0 Å². The highest BCUT2D eigenvalue weighted by atomic mass is 16.5. The maximum absolute atomic E-state index is 11.9. The summed E-state index contributed by atoms with van der Waals surface area (Å²) in [6, 6.07) is 7.26. The van der Waals surface area contributed by atoms with Crippen LogP contribution in [0.1, 0.15) is 41.0 Å². The summed E-state index contributed by atoms with van der Waals surface area (Å²) >= 11 is 0. The van der Waals surface area contributed by atoms with E-state index in [1.807, 2.05) is 58.9 Å². The Bertz CT molecular complexity index is 444. The Balaban J connectivity index is 2.68. The van der Waals surface area contributed by atoms with E-state index in [-0.39, 0.29) is 12.5 Å². The molecule has 1 aromatic rings. The molecule has 0 aliphatic rings. The zero-order valence-corrected chi connectivity index (χ0v) is 13.0. The molecule has 0 fully saturated rings. The lowest BCUT2D eigenvalue weighted by atomic mass is 9.95. The number of hydrogen-bond donors (Lipinski definition) is 2. The van der Waals surface area contributed by atoms with Crippen LogP contribution in [0.4, 0.5) is 5.69 Å². The number of rotatable bonds is 5. The maximum atomic E-state index is 11.9. The summed E-state index contributed by atoms with van der Waals surface area (Å²) < 4.78 is 5.80. The third-order valence-corrected chi connectivity index (χ3v) is 2.90. The SMILES string of the molecule is CC(C)(CCO)Oc1ccc(NC(=O)C(C)(C)C)cc1. The fourth-order valence-electron chi connectivity index (χ4n) is 1.56. The van der Waals surface area contributed by atoms with Crippen molar-refractivity contribution in [1.82, 2.24) is 0 Å². The summed E-state index contributed by atoms with van der Waals surface area (Å²) in [6.07, 6.45) is 0.565. The quantitative estimate of drug-likeness (QED) is 0.870. The van der Waals surface area contributed by atoms with Crippen LogP contribution in [-0.2, 0) is 4.79 Å². The predicted molar refractivity (Wildman–Crippen MR) is 80.9 cm³/mol. The van der Waals surface area contributed by atoms with E-state index in [2.05, 4.69) is 5.32 Å². The predicted octanol–water partition coefficient (Wildman–Crippen LogP) is 3.21. The second-order valence-electron chi connectivity index (χ2n) is 6.56. The van der Waals surface area contributed by atoms with Gasteiger partial charge in [0.25, 0.3) is 0 Å². The second kappa shape index (κ2) is 6.27. The van der Waals surface area contributed by atoms with Crippen molar-refractivity contribution in [3.8, 4) is 5.75 Å². The molecule has 0 unspecified atom stereocenters. The van der Waals surface area contributed by atoms with Gasteiger partial charge in [0.15, 0.2) is 0 Å². The number of anilines is 1. The summed E-state index contributed by atoms with van der Waals surface area (Å²) in [4.78, 5) is 11.9. The molecule has 0 aliphatic heterocycles. The molecular formula is C16H25NO3. The first-order chi connectivity index (χ1) is 9.14. The number of nitrogens with one attached hydrogen (secondary N) is 1. The van der Waals surface area contributed by atoms with E-state index in [1.54, 1.807) is 0 Å². The minimum absolute atomic E-state index is 0.0215. The molecule has 0 heterocycles. The standard InChI is InChI=1S/C16H25NO3/c1-15(2,3)14(19)17-12-6-8-13(9-7-12)20-16(4,5)10-11-18/h6-9,18H,10-11H2,1-5H3,(H,17,19). The molecule has 0 saturated carbocycles. The molecule has 1 amide bonds. The number of amides is 1. The van der Waals surface area contributed by atoms with Gasteiger partial charge in [-0.05, 0) is 38.1 Å². The number of aliphatic hydroxyl groups is 1. The van der Waals surface area contributed by atoms with E-state index in [1.165, 1.54) is 0 Å². The van der Waals surface area contributed by atoms with E-state index in [9.17, 15) is 4.79 Å². The van der Waals surface area contributed by atoms with Crippen LogP contribution in [0.15, 0.2) is 24.3 Å². The van der Waals surface area contributed by atoms with Crippen molar-refractivity contribution in [2.45, 2.75) is 46.6 Å². The Labute approximate surface area is 121 Å². The molecule has 0 spiro atoms. The van der Waals surface area contributed by atoms with Crippen molar-refractivity contribution in [3.63, 3.8) is 0 Å². The van der Waals surface area contributed by atoms with E-state index in [4.69, 9.17) is 9.84 Å². The first-order valence-corrected chi connectivity index (χ1v) is 6.85. The van der Waals surface area contributed by atoms with Crippen molar-refractivity contribution in [2.24, 2.45) is 5.41 Å². The van der Waals surface area contributed by atoms with Crippen molar-refractivity contribution in [1.29, 1.82) is 0 Å². The van der Waals surface area contributed by atoms with Crippen LogP contribution in [0.5, 0.6) is 5.75 Å². The third-order valence-electron chi connectivity index (χ3n) is 2.90. The van der Waals surface area contributed by atoms with Gasteiger partial charge >= 0.3 is 0 Å². The van der Waals surface area contributed by atoms with Gasteiger partial charge in [0.2, 0.25) is 5.91 Å². The Morgan fingerprint density at radius 3 is 2.15 bits per heavy atom. The topological polar surface area (TPSA) is 58.6 Å². The second-order valence-corrected chi connectivity index (χ2v) is 6.56. The van der Waals surface area contributed by atoms with E-state index < -0.39 is 11.0 Å².